The second-order valence-electron chi connectivity index (χ2n) is 5.30. The molecule has 0 amide bonds. The van der Waals surface area contributed by atoms with Gasteiger partial charge < -0.3 is 5.32 Å². The lowest BCUT2D eigenvalue weighted by molar-refractivity contribution is 0.454. The van der Waals surface area contributed by atoms with Crippen LogP contribution >= 0.6 is 0 Å². The molecule has 1 aromatic rings. The molecule has 1 N–H and O–H groups in total. The van der Waals surface area contributed by atoms with Gasteiger partial charge in [0.05, 0.1) is 11.7 Å². The average molecular weight is 235 g/mol. The van der Waals surface area contributed by atoms with Crippen molar-refractivity contribution in [3.05, 3.63) is 18.0 Å². The first kappa shape index (κ1) is 12.6. The molecule has 0 radical (unpaired) electrons. The monoisotopic (exact) mass is 235 g/mol. The van der Waals surface area contributed by atoms with Crippen molar-refractivity contribution in [3.63, 3.8) is 0 Å². The van der Waals surface area contributed by atoms with E-state index in [-0.39, 0.29) is 0 Å². The molecule has 1 aliphatic carbocycles. The van der Waals surface area contributed by atoms with Crippen LogP contribution in [0.15, 0.2) is 12.3 Å². The number of nitrogens with zero attached hydrogens (tertiary/aromatic N) is 2. The van der Waals surface area contributed by atoms with E-state index in [4.69, 9.17) is 0 Å². The van der Waals surface area contributed by atoms with E-state index < -0.39 is 0 Å². The zero-order valence-corrected chi connectivity index (χ0v) is 11.2. The van der Waals surface area contributed by atoms with Crippen LogP contribution in [-0.2, 0) is 6.54 Å². The Balaban J connectivity index is 1.81. The summed E-state index contributed by atoms with van der Waals surface area (Å²) in [5.74, 6) is 0. The van der Waals surface area contributed by atoms with Crippen molar-refractivity contribution in [1.29, 1.82) is 0 Å². The number of rotatable bonds is 6. The summed E-state index contributed by atoms with van der Waals surface area (Å²) in [5.41, 5.74) is 1.18. The minimum absolute atomic E-state index is 0.594. The molecule has 1 heterocycles. The second kappa shape index (κ2) is 6.20. The predicted molar refractivity (Wildman–Crippen MR) is 70.9 cm³/mol. The molecule has 96 valence electrons. The molecule has 1 aromatic heterocycles. The van der Waals surface area contributed by atoms with E-state index >= 15 is 0 Å². The predicted octanol–water partition coefficient (Wildman–Crippen LogP) is 3.28. The molecule has 0 bridgehead atoms. The molecule has 3 nitrogen and oxygen atoms in total. The Bertz CT molecular complexity index is 326. The lowest BCUT2D eigenvalue weighted by atomic mass is 10.2. The molecule has 0 aliphatic heterocycles. The van der Waals surface area contributed by atoms with E-state index in [1.807, 2.05) is 0 Å². The Morgan fingerprint density at radius 2 is 2.24 bits per heavy atom. The van der Waals surface area contributed by atoms with Gasteiger partial charge in [0.2, 0.25) is 0 Å². The zero-order chi connectivity index (χ0) is 12.1. The van der Waals surface area contributed by atoms with Gasteiger partial charge in [-0.25, -0.2) is 0 Å². The molecule has 0 saturated heterocycles. The first-order valence-electron chi connectivity index (χ1n) is 7.07. The summed E-state index contributed by atoms with van der Waals surface area (Å²) in [5, 5.41) is 8.21. The Labute approximate surface area is 105 Å². The van der Waals surface area contributed by atoms with Crippen molar-refractivity contribution < 1.29 is 0 Å². The van der Waals surface area contributed by atoms with Gasteiger partial charge in [-0.2, -0.15) is 5.10 Å². The lowest BCUT2D eigenvalue weighted by Crippen LogP contribution is -2.25. The highest BCUT2D eigenvalue weighted by atomic mass is 15.3. The quantitative estimate of drug-likeness (QED) is 0.820. The molecule has 1 fully saturated rings. The van der Waals surface area contributed by atoms with E-state index in [1.54, 1.807) is 0 Å². The Morgan fingerprint density at radius 3 is 2.94 bits per heavy atom. The van der Waals surface area contributed by atoms with Crippen LogP contribution in [0.5, 0.6) is 0 Å². The summed E-state index contributed by atoms with van der Waals surface area (Å²) in [4.78, 5) is 0. The SMILES string of the molecule is CCCC(C)NCc1ccn(C2CCCC2)n1. The number of hydrogen-bond acceptors (Lipinski definition) is 2. The topological polar surface area (TPSA) is 29.9 Å². The highest BCUT2D eigenvalue weighted by molar-refractivity contribution is 5.00. The van der Waals surface area contributed by atoms with Crippen LogP contribution in [0, 0.1) is 0 Å². The molecule has 17 heavy (non-hydrogen) atoms. The van der Waals surface area contributed by atoms with Crippen molar-refractivity contribution in [2.45, 2.75) is 71.0 Å². The van der Waals surface area contributed by atoms with Crippen molar-refractivity contribution >= 4 is 0 Å². The fourth-order valence-corrected chi connectivity index (χ4v) is 2.66. The summed E-state index contributed by atoms with van der Waals surface area (Å²) in [6.45, 7) is 5.38. The van der Waals surface area contributed by atoms with Crippen LogP contribution in [0.25, 0.3) is 0 Å². The molecule has 2 rings (SSSR count). The van der Waals surface area contributed by atoms with Crippen molar-refractivity contribution in [2.75, 3.05) is 0 Å². The van der Waals surface area contributed by atoms with E-state index in [2.05, 4.69) is 41.2 Å². The summed E-state index contributed by atoms with van der Waals surface area (Å²) >= 11 is 0. The first-order chi connectivity index (χ1) is 8.29. The maximum absolute atomic E-state index is 4.68. The van der Waals surface area contributed by atoms with E-state index in [0.717, 1.165) is 6.54 Å². The van der Waals surface area contributed by atoms with Gasteiger partial charge in [0.25, 0.3) is 0 Å². The molecule has 3 heteroatoms. The van der Waals surface area contributed by atoms with Gasteiger partial charge in [-0.05, 0) is 32.3 Å². The fourth-order valence-electron chi connectivity index (χ4n) is 2.66. The first-order valence-corrected chi connectivity index (χ1v) is 7.07. The highest BCUT2D eigenvalue weighted by Gasteiger charge is 2.17. The highest BCUT2D eigenvalue weighted by Crippen LogP contribution is 2.28. The van der Waals surface area contributed by atoms with Gasteiger partial charge in [0.1, 0.15) is 0 Å². The molecule has 0 spiro atoms. The maximum atomic E-state index is 4.68. The standard InChI is InChI=1S/C14H25N3/c1-3-6-12(2)15-11-13-9-10-17(16-13)14-7-4-5-8-14/h9-10,12,14-15H,3-8,11H2,1-2H3. The lowest BCUT2D eigenvalue weighted by Gasteiger charge is -2.11. The van der Waals surface area contributed by atoms with Crippen molar-refractivity contribution in [1.82, 2.24) is 15.1 Å². The fraction of sp³-hybridized carbons (Fsp3) is 0.786. The van der Waals surface area contributed by atoms with Gasteiger partial charge in [-0.15, -0.1) is 0 Å². The summed E-state index contributed by atoms with van der Waals surface area (Å²) in [6, 6.07) is 3.41. The van der Waals surface area contributed by atoms with Gasteiger partial charge in [0.15, 0.2) is 0 Å². The van der Waals surface area contributed by atoms with Crippen LogP contribution in [0.2, 0.25) is 0 Å². The zero-order valence-electron chi connectivity index (χ0n) is 11.2. The van der Waals surface area contributed by atoms with Crippen LogP contribution in [0.4, 0.5) is 0 Å². The third-order valence-electron chi connectivity index (χ3n) is 3.72. The molecule has 1 atom stereocenters. The minimum atomic E-state index is 0.594. The number of aromatic nitrogens is 2. The third-order valence-corrected chi connectivity index (χ3v) is 3.72. The van der Waals surface area contributed by atoms with Crippen molar-refractivity contribution in [3.8, 4) is 0 Å². The Kier molecular flexibility index (Phi) is 4.60. The third kappa shape index (κ3) is 3.56. The van der Waals surface area contributed by atoms with E-state index in [1.165, 1.54) is 44.2 Å². The Morgan fingerprint density at radius 1 is 1.47 bits per heavy atom. The molecule has 1 unspecified atom stereocenters. The smallest absolute Gasteiger partial charge is 0.0762 e. The van der Waals surface area contributed by atoms with Crippen molar-refractivity contribution in [2.24, 2.45) is 0 Å². The molecular weight excluding hydrogens is 210 g/mol. The van der Waals surface area contributed by atoms with Crippen LogP contribution in [0.3, 0.4) is 0 Å². The molecule has 1 aliphatic rings. The Hall–Kier alpha value is -0.830. The van der Waals surface area contributed by atoms with Crippen LogP contribution < -0.4 is 5.32 Å². The molecule has 0 aromatic carbocycles. The largest absolute Gasteiger partial charge is 0.309 e. The van der Waals surface area contributed by atoms with E-state index in [0.29, 0.717) is 12.1 Å². The molecule has 1 saturated carbocycles. The normalized spacial score (nSPS) is 18.7. The number of hydrogen-bond donors (Lipinski definition) is 1. The second-order valence-corrected chi connectivity index (χ2v) is 5.30. The minimum Gasteiger partial charge on any atom is -0.309 e. The van der Waals surface area contributed by atoms with E-state index in [9.17, 15) is 0 Å². The maximum Gasteiger partial charge on any atom is 0.0762 e. The summed E-state index contributed by atoms with van der Waals surface area (Å²) in [6.07, 6.45) is 9.98. The van der Waals surface area contributed by atoms with Crippen LogP contribution in [0.1, 0.15) is 64.1 Å². The van der Waals surface area contributed by atoms with Gasteiger partial charge in [-0.3, -0.25) is 4.68 Å². The average Bonchev–Trinajstić information content (AvgIpc) is 2.97. The summed E-state index contributed by atoms with van der Waals surface area (Å²) < 4.78 is 2.18. The van der Waals surface area contributed by atoms with Gasteiger partial charge in [0, 0.05) is 18.8 Å². The number of nitrogens with one attached hydrogen (secondary N) is 1. The van der Waals surface area contributed by atoms with Gasteiger partial charge in [-0.1, -0.05) is 26.2 Å². The van der Waals surface area contributed by atoms with Gasteiger partial charge >= 0.3 is 0 Å². The summed E-state index contributed by atoms with van der Waals surface area (Å²) in [7, 11) is 0. The molecular formula is C14H25N3. The van der Waals surface area contributed by atoms with Crippen LogP contribution in [-0.4, -0.2) is 15.8 Å².